The number of aromatic nitrogens is 2. The standard InChI is InChI=1S/C14H15N5O/c1-7(2)8-3-4-11(20)9(5-8)12-10(6-15)13(16)19-14(17)18-12/h3-5,7,20H,1-2H3,(H4,16,17,18,19). The van der Waals surface area contributed by atoms with Gasteiger partial charge in [0, 0.05) is 5.56 Å². The lowest BCUT2D eigenvalue weighted by atomic mass is 9.97. The van der Waals surface area contributed by atoms with E-state index in [0.717, 1.165) is 5.56 Å². The van der Waals surface area contributed by atoms with Gasteiger partial charge >= 0.3 is 0 Å². The van der Waals surface area contributed by atoms with Crippen molar-refractivity contribution in [2.24, 2.45) is 0 Å². The zero-order valence-electron chi connectivity index (χ0n) is 11.3. The number of rotatable bonds is 2. The largest absolute Gasteiger partial charge is 0.507 e. The van der Waals surface area contributed by atoms with E-state index in [1.54, 1.807) is 12.1 Å². The topological polar surface area (TPSA) is 122 Å². The Bertz CT molecular complexity index is 703. The molecule has 0 saturated heterocycles. The second kappa shape index (κ2) is 5.05. The zero-order chi connectivity index (χ0) is 14.9. The second-order valence-electron chi connectivity index (χ2n) is 4.73. The summed E-state index contributed by atoms with van der Waals surface area (Å²) in [6.07, 6.45) is 0. The summed E-state index contributed by atoms with van der Waals surface area (Å²) in [5, 5.41) is 19.2. The van der Waals surface area contributed by atoms with Gasteiger partial charge in [0.2, 0.25) is 5.95 Å². The van der Waals surface area contributed by atoms with Crippen LogP contribution >= 0.6 is 0 Å². The van der Waals surface area contributed by atoms with Crippen molar-refractivity contribution < 1.29 is 5.11 Å². The Morgan fingerprint density at radius 1 is 1.25 bits per heavy atom. The van der Waals surface area contributed by atoms with E-state index in [4.69, 9.17) is 11.5 Å². The van der Waals surface area contributed by atoms with Crippen LogP contribution in [0.4, 0.5) is 11.8 Å². The summed E-state index contributed by atoms with van der Waals surface area (Å²) in [6, 6.07) is 7.12. The number of phenolic OH excluding ortho intramolecular Hbond substituents is 1. The van der Waals surface area contributed by atoms with Gasteiger partial charge in [-0.15, -0.1) is 0 Å². The quantitative estimate of drug-likeness (QED) is 0.766. The third-order valence-corrected chi connectivity index (χ3v) is 3.01. The number of hydrogen-bond acceptors (Lipinski definition) is 6. The molecule has 1 aromatic carbocycles. The van der Waals surface area contributed by atoms with E-state index < -0.39 is 0 Å². The Morgan fingerprint density at radius 3 is 2.55 bits per heavy atom. The smallest absolute Gasteiger partial charge is 0.222 e. The van der Waals surface area contributed by atoms with Gasteiger partial charge in [0.1, 0.15) is 23.2 Å². The lowest BCUT2D eigenvalue weighted by molar-refractivity contribution is 0.477. The first-order valence-corrected chi connectivity index (χ1v) is 6.10. The highest BCUT2D eigenvalue weighted by molar-refractivity contribution is 5.77. The van der Waals surface area contributed by atoms with Gasteiger partial charge in [-0.3, -0.25) is 0 Å². The minimum absolute atomic E-state index is 0.00403. The van der Waals surface area contributed by atoms with E-state index in [2.05, 4.69) is 9.97 Å². The van der Waals surface area contributed by atoms with E-state index in [1.807, 2.05) is 26.0 Å². The van der Waals surface area contributed by atoms with Crippen LogP contribution in [0, 0.1) is 11.3 Å². The van der Waals surface area contributed by atoms with Crippen molar-refractivity contribution in [1.29, 1.82) is 5.26 Å². The van der Waals surface area contributed by atoms with E-state index in [1.165, 1.54) is 0 Å². The first kappa shape index (κ1) is 13.6. The molecule has 1 aromatic heterocycles. The molecule has 0 aliphatic rings. The summed E-state index contributed by atoms with van der Waals surface area (Å²) in [5.74, 6) is 0.259. The fraction of sp³-hybridized carbons (Fsp3) is 0.214. The van der Waals surface area contributed by atoms with Crippen molar-refractivity contribution in [3.05, 3.63) is 29.3 Å². The molecule has 0 radical (unpaired) electrons. The average molecular weight is 269 g/mol. The van der Waals surface area contributed by atoms with Crippen molar-refractivity contribution in [2.75, 3.05) is 11.5 Å². The number of nitrogens with zero attached hydrogens (tertiary/aromatic N) is 3. The number of nitrogen functional groups attached to an aromatic ring is 2. The number of nitriles is 1. The molecule has 0 atom stereocenters. The van der Waals surface area contributed by atoms with E-state index >= 15 is 0 Å². The third kappa shape index (κ3) is 2.34. The van der Waals surface area contributed by atoms with Gasteiger partial charge in [0.15, 0.2) is 0 Å². The molecule has 5 N–H and O–H groups in total. The van der Waals surface area contributed by atoms with E-state index in [9.17, 15) is 10.4 Å². The fourth-order valence-corrected chi connectivity index (χ4v) is 1.90. The van der Waals surface area contributed by atoms with Crippen LogP contribution in [0.15, 0.2) is 18.2 Å². The van der Waals surface area contributed by atoms with Crippen molar-refractivity contribution >= 4 is 11.8 Å². The van der Waals surface area contributed by atoms with Crippen LogP contribution in [0.1, 0.15) is 30.9 Å². The van der Waals surface area contributed by atoms with Crippen LogP contribution < -0.4 is 11.5 Å². The van der Waals surface area contributed by atoms with Crippen LogP contribution in [-0.4, -0.2) is 15.1 Å². The van der Waals surface area contributed by atoms with E-state index in [-0.39, 0.29) is 34.7 Å². The molecule has 0 saturated carbocycles. The van der Waals surface area contributed by atoms with Crippen LogP contribution in [0.3, 0.4) is 0 Å². The van der Waals surface area contributed by atoms with Crippen molar-refractivity contribution in [3.63, 3.8) is 0 Å². The summed E-state index contributed by atoms with van der Waals surface area (Å²) in [6.45, 7) is 4.06. The van der Waals surface area contributed by atoms with Crippen molar-refractivity contribution in [1.82, 2.24) is 9.97 Å². The van der Waals surface area contributed by atoms with E-state index in [0.29, 0.717) is 5.56 Å². The molecule has 102 valence electrons. The Labute approximate surface area is 116 Å². The minimum atomic E-state index is -0.0362. The molecule has 1 heterocycles. The molecule has 6 heteroatoms. The Hall–Kier alpha value is -2.81. The molecule has 0 unspecified atom stereocenters. The van der Waals surface area contributed by atoms with Crippen LogP contribution in [0.25, 0.3) is 11.3 Å². The van der Waals surface area contributed by atoms with Gasteiger partial charge in [-0.25, -0.2) is 4.98 Å². The molecule has 0 amide bonds. The van der Waals surface area contributed by atoms with Crippen molar-refractivity contribution in [3.8, 4) is 23.1 Å². The Kier molecular flexibility index (Phi) is 3.44. The molecule has 0 aliphatic heterocycles. The van der Waals surface area contributed by atoms with Crippen molar-refractivity contribution in [2.45, 2.75) is 19.8 Å². The molecule has 0 spiro atoms. The van der Waals surface area contributed by atoms with Gasteiger partial charge in [-0.05, 0) is 23.6 Å². The second-order valence-corrected chi connectivity index (χ2v) is 4.73. The number of phenols is 1. The average Bonchev–Trinajstić information content (AvgIpc) is 2.38. The highest BCUT2D eigenvalue weighted by atomic mass is 16.3. The lowest BCUT2D eigenvalue weighted by Crippen LogP contribution is -2.05. The van der Waals surface area contributed by atoms with Crippen LogP contribution in [-0.2, 0) is 0 Å². The molecule has 6 nitrogen and oxygen atoms in total. The fourth-order valence-electron chi connectivity index (χ4n) is 1.90. The number of hydrogen-bond donors (Lipinski definition) is 3. The maximum atomic E-state index is 10.0. The Balaban J connectivity index is 2.74. The van der Waals surface area contributed by atoms with Gasteiger partial charge in [-0.1, -0.05) is 19.9 Å². The minimum Gasteiger partial charge on any atom is -0.507 e. The summed E-state index contributed by atoms with van der Waals surface area (Å²) < 4.78 is 0. The first-order chi connectivity index (χ1) is 9.43. The molecular weight excluding hydrogens is 254 g/mol. The van der Waals surface area contributed by atoms with Gasteiger partial charge in [0.25, 0.3) is 0 Å². The zero-order valence-corrected chi connectivity index (χ0v) is 11.3. The summed E-state index contributed by atoms with van der Waals surface area (Å²) in [7, 11) is 0. The van der Waals surface area contributed by atoms with Gasteiger partial charge < -0.3 is 16.6 Å². The highest BCUT2D eigenvalue weighted by Gasteiger charge is 2.17. The first-order valence-electron chi connectivity index (χ1n) is 6.10. The SMILES string of the molecule is CC(C)c1ccc(O)c(-c2nc(N)nc(N)c2C#N)c1. The molecular formula is C14H15N5O. The number of benzene rings is 1. The molecule has 0 fully saturated rings. The molecule has 2 aromatic rings. The normalized spacial score (nSPS) is 10.5. The number of anilines is 2. The van der Waals surface area contributed by atoms with Gasteiger partial charge in [0.05, 0.1) is 5.69 Å². The predicted octanol–water partition coefficient (Wildman–Crippen LogP) is 2.01. The molecule has 0 bridgehead atoms. The highest BCUT2D eigenvalue weighted by Crippen LogP contribution is 2.34. The monoisotopic (exact) mass is 269 g/mol. The Morgan fingerprint density at radius 2 is 1.95 bits per heavy atom. The lowest BCUT2D eigenvalue weighted by Gasteiger charge is -2.12. The summed E-state index contributed by atoms with van der Waals surface area (Å²) in [5.41, 5.74) is 13.0. The molecule has 20 heavy (non-hydrogen) atoms. The van der Waals surface area contributed by atoms with Gasteiger partial charge in [-0.2, -0.15) is 10.2 Å². The third-order valence-electron chi connectivity index (χ3n) is 3.01. The molecule has 2 rings (SSSR count). The molecule has 0 aliphatic carbocycles. The summed E-state index contributed by atoms with van der Waals surface area (Å²) >= 11 is 0. The van der Waals surface area contributed by atoms with Crippen LogP contribution in [0.2, 0.25) is 0 Å². The summed E-state index contributed by atoms with van der Waals surface area (Å²) in [4.78, 5) is 7.80. The predicted molar refractivity (Wildman–Crippen MR) is 76.8 cm³/mol. The maximum Gasteiger partial charge on any atom is 0.222 e. The number of aromatic hydroxyl groups is 1. The maximum absolute atomic E-state index is 10.0. The number of nitrogens with two attached hydrogens (primary N) is 2. The van der Waals surface area contributed by atoms with Crippen LogP contribution in [0.5, 0.6) is 5.75 Å².